The van der Waals surface area contributed by atoms with Crippen molar-refractivity contribution in [2.45, 2.75) is 6.42 Å². The quantitative estimate of drug-likeness (QED) is 0.777. The van der Waals surface area contributed by atoms with E-state index in [1.54, 1.807) is 25.3 Å². The fourth-order valence-corrected chi connectivity index (χ4v) is 3.21. The van der Waals surface area contributed by atoms with Crippen LogP contribution in [0.5, 0.6) is 5.75 Å². The third-order valence-corrected chi connectivity index (χ3v) is 4.21. The molecule has 1 saturated heterocycles. The Balaban J connectivity index is 2.22. The van der Waals surface area contributed by atoms with Crippen molar-refractivity contribution in [2.75, 3.05) is 18.6 Å². The molecule has 0 spiro atoms. The highest BCUT2D eigenvalue weighted by Crippen LogP contribution is 2.30. The number of halogens is 1. The Morgan fingerprint density at radius 3 is 3.00 bits per heavy atom. The average molecular weight is 257 g/mol. The third-order valence-electron chi connectivity index (χ3n) is 2.74. The molecule has 1 aromatic rings. The molecule has 0 N–H and O–H groups in total. The molecule has 0 bridgehead atoms. The van der Waals surface area contributed by atoms with Gasteiger partial charge >= 0.3 is 0 Å². The van der Waals surface area contributed by atoms with Crippen molar-refractivity contribution in [3.05, 3.63) is 28.8 Å². The summed E-state index contributed by atoms with van der Waals surface area (Å²) in [6.45, 7) is 0. The summed E-state index contributed by atoms with van der Waals surface area (Å²) < 4.78 is 5.11. The second kappa shape index (κ2) is 5.11. The van der Waals surface area contributed by atoms with Crippen LogP contribution in [0.3, 0.4) is 0 Å². The standard InChI is InChI=1S/C12H13ClO2S/c1-15-11-6-8(2-3-10(11)13)12(14)9-4-5-16-7-9/h2-3,6,9H,4-5,7H2,1H3. The molecule has 1 aliphatic rings. The van der Waals surface area contributed by atoms with E-state index >= 15 is 0 Å². The van der Waals surface area contributed by atoms with Gasteiger partial charge in [0.2, 0.25) is 0 Å². The Labute approximate surface area is 104 Å². The lowest BCUT2D eigenvalue weighted by molar-refractivity contribution is 0.0933. The molecule has 1 unspecified atom stereocenters. The summed E-state index contributed by atoms with van der Waals surface area (Å²) in [5.41, 5.74) is 0.703. The van der Waals surface area contributed by atoms with E-state index in [0.29, 0.717) is 16.3 Å². The summed E-state index contributed by atoms with van der Waals surface area (Å²) in [4.78, 5) is 12.1. The number of hydrogen-bond donors (Lipinski definition) is 0. The topological polar surface area (TPSA) is 26.3 Å². The Bertz CT molecular complexity index is 400. The van der Waals surface area contributed by atoms with Crippen LogP contribution in [0.1, 0.15) is 16.8 Å². The highest BCUT2D eigenvalue weighted by Gasteiger charge is 2.24. The number of benzene rings is 1. The monoisotopic (exact) mass is 256 g/mol. The maximum absolute atomic E-state index is 12.1. The summed E-state index contributed by atoms with van der Waals surface area (Å²) >= 11 is 7.76. The molecule has 4 heteroatoms. The molecule has 0 saturated carbocycles. The van der Waals surface area contributed by atoms with Crippen LogP contribution in [0.4, 0.5) is 0 Å². The molecule has 1 fully saturated rings. The molecule has 86 valence electrons. The molecule has 16 heavy (non-hydrogen) atoms. The fraction of sp³-hybridized carbons (Fsp3) is 0.417. The first-order chi connectivity index (χ1) is 7.72. The van der Waals surface area contributed by atoms with Crippen molar-refractivity contribution in [1.29, 1.82) is 0 Å². The highest BCUT2D eigenvalue weighted by atomic mass is 35.5. The van der Waals surface area contributed by atoms with Gasteiger partial charge in [0.1, 0.15) is 5.75 Å². The van der Waals surface area contributed by atoms with Gasteiger partial charge in [-0.1, -0.05) is 11.6 Å². The van der Waals surface area contributed by atoms with Gasteiger partial charge in [0.15, 0.2) is 5.78 Å². The minimum absolute atomic E-state index is 0.163. The van der Waals surface area contributed by atoms with Gasteiger partial charge in [-0.2, -0.15) is 11.8 Å². The van der Waals surface area contributed by atoms with Gasteiger partial charge < -0.3 is 4.74 Å². The largest absolute Gasteiger partial charge is 0.495 e. The van der Waals surface area contributed by atoms with E-state index in [2.05, 4.69) is 0 Å². The van der Waals surface area contributed by atoms with Gasteiger partial charge in [-0.25, -0.2) is 0 Å². The predicted molar refractivity (Wildman–Crippen MR) is 67.8 cm³/mol. The number of ketones is 1. The van der Waals surface area contributed by atoms with Crippen LogP contribution in [0, 0.1) is 5.92 Å². The van der Waals surface area contributed by atoms with Crippen molar-refractivity contribution in [2.24, 2.45) is 5.92 Å². The van der Waals surface area contributed by atoms with Crippen molar-refractivity contribution in [1.82, 2.24) is 0 Å². The van der Waals surface area contributed by atoms with Crippen molar-refractivity contribution < 1.29 is 9.53 Å². The Kier molecular flexibility index (Phi) is 3.77. The van der Waals surface area contributed by atoms with E-state index in [9.17, 15) is 4.79 Å². The van der Waals surface area contributed by atoms with Crippen LogP contribution >= 0.6 is 23.4 Å². The maximum Gasteiger partial charge on any atom is 0.166 e. The Hall–Kier alpha value is -0.670. The zero-order valence-electron chi connectivity index (χ0n) is 9.03. The van der Waals surface area contributed by atoms with Crippen LogP contribution < -0.4 is 4.74 Å². The highest BCUT2D eigenvalue weighted by molar-refractivity contribution is 7.99. The molecule has 0 amide bonds. The predicted octanol–water partition coefficient (Wildman–Crippen LogP) is 3.28. The molecular weight excluding hydrogens is 244 g/mol. The lowest BCUT2D eigenvalue weighted by atomic mass is 9.97. The molecule has 0 aromatic heterocycles. The van der Waals surface area contributed by atoms with E-state index in [-0.39, 0.29) is 11.7 Å². The van der Waals surface area contributed by atoms with E-state index < -0.39 is 0 Å². The number of Topliss-reactive ketones (excluding diaryl/α,β-unsaturated/α-hetero) is 1. The van der Waals surface area contributed by atoms with E-state index in [1.807, 2.05) is 11.8 Å². The first-order valence-electron chi connectivity index (χ1n) is 5.18. The second-order valence-electron chi connectivity index (χ2n) is 3.77. The van der Waals surface area contributed by atoms with Gasteiger partial charge in [-0.15, -0.1) is 0 Å². The van der Waals surface area contributed by atoms with Crippen LogP contribution in [0.15, 0.2) is 18.2 Å². The van der Waals surface area contributed by atoms with E-state index in [0.717, 1.165) is 17.9 Å². The van der Waals surface area contributed by atoms with Gasteiger partial charge in [-0.05, 0) is 30.4 Å². The minimum atomic E-state index is 0.163. The average Bonchev–Trinajstić information content (AvgIpc) is 2.82. The molecule has 1 aromatic carbocycles. The van der Waals surface area contributed by atoms with Crippen molar-refractivity contribution in [3.63, 3.8) is 0 Å². The lowest BCUT2D eigenvalue weighted by Gasteiger charge is -2.09. The zero-order valence-corrected chi connectivity index (χ0v) is 10.6. The molecular formula is C12H13ClO2S. The first-order valence-corrected chi connectivity index (χ1v) is 6.71. The smallest absolute Gasteiger partial charge is 0.166 e. The van der Waals surface area contributed by atoms with E-state index in [4.69, 9.17) is 16.3 Å². The summed E-state index contributed by atoms with van der Waals surface area (Å²) in [5, 5.41) is 0.542. The van der Waals surface area contributed by atoms with Crippen LogP contribution in [-0.2, 0) is 0 Å². The number of carbonyl (C=O) groups is 1. The first kappa shape index (κ1) is 11.8. The van der Waals surface area contributed by atoms with E-state index in [1.165, 1.54) is 0 Å². The molecule has 1 atom stereocenters. The normalized spacial score (nSPS) is 19.8. The number of carbonyl (C=O) groups excluding carboxylic acids is 1. The molecule has 2 nitrogen and oxygen atoms in total. The second-order valence-corrected chi connectivity index (χ2v) is 5.33. The Morgan fingerprint density at radius 1 is 1.56 bits per heavy atom. The Morgan fingerprint density at radius 2 is 2.38 bits per heavy atom. The van der Waals surface area contributed by atoms with Gasteiger partial charge in [0.05, 0.1) is 12.1 Å². The van der Waals surface area contributed by atoms with Crippen LogP contribution in [0.25, 0.3) is 0 Å². The van der Waals surface area contributed by atoms with Crippen LogP contribution in [-0.4, -0.2) is 24.4 Å². The fourth-order valence-electron chi connectivity index (χ4n) is 1.79. The minimum Gasteiger partial charge on any atom is -0.495 e. The number of rotatable bonds is 3. The summed E-state index contributed by atoms with van der Waals surface area (Å²) in [5.74, 6) is 2.96. The maximum atomic E-state index is 12.1. The third kappa shape index (κ3) is 2.36. The van der Waals surface area contributed by atoms with Crippen molar-refractivity contribution >= 4 is 29.1 Å². The number of hydrogen-bond acceptors (Lipinski definition) is 3. The van der Waals surface area contributed by atoms with Crippen molar-refractivity contribution in [3.8, 4) is 5.75 Å². The summed E-state index contributed by atoms with van der Waals surface area (Å²) in [6.07, 6.45) is 0.981. The lowest BCUT2D eigenvalue weighted by Crippen LogP contribution is -2.13. The zero-order chi connectivity index (χ0) is 11.5. The van der Waals surface area contributed by atoms with Crippen LogP contribution in [0.2, 0.25) is 5.02 Å². The van der Waals surface area contributed by atoms with Gasteiger partial charge in [0, 0.05) is 17.2 Å². The SMILES string of the molecule is COc1cc(C(=O)C2CCSC2)ccc1Cl. The summed E-state index contributed by atoms with van der Waals surface area (Å²) in [7, 11) is 1.56. The number of ether oxygens (including phenoxy) is 1. The van der Waals surface area contributed by atoms with Gasteiger partial charge in [0.25, 0.3) is 0 Å². The molecule has 0 radical (unpaired) electrons. The van der Waals surface area contributed by atoms with Gasteiger partial charge in [-0.3, -0.25) is 4.79 Å². The molecule has 1 heterocycles. The number of thioether (sulfide) groups is 1. The molecule has 2 rings (SSSR count). The number of methoxy groups -OCH3 is 1. The molecule has 1 aliphatic heterocycles. The summed E-state index contributed by atoms with van der Waals surface area (Å²) in [6, 6.07) is 5.22. The molecule has 0 aliphatic carbocycles.